The lowest BCUT2D eigenvalue weighted by Gasteiger charge is -2.25. The highest BCUT2D eigenvalue weighted by atomic mass is 16.5. The van der Waals surface area contributed by atoms with E-state index in [0.29, 0.717) is 32.2 Å². The lowest BCUT2D eigenvalue weighted by molar-refractivity contribution is -0.143. The average molecular weight is 297 g/mol. The number of nitrogens with zero attached hydrogens (tertiary/aromatic N) is 1. The maximum Gasteiger partial charge on any atom is 0.308 e. The molecule has 0 aromatic heterocycles. The average Bonchev–Trinajstić information content (AvgIpc) is 3.31. The Hall–Kier alpha value is -1.10. The van der Waals surface area contributed by atoms with Crippen LogP contribution in [0.15, 0.2) is 0 Å². The third kappa shape index (κ3) is 4.70. The molecule has 0 spiro atoms. The van der Waals surface area contributed by atoms with E-state index in [4.69, 9.17) is 9.84 Å². The number of hydrogen-bond donors (Lipinski definition) is 1. The van der Waals surface area contributed by atoms with Gasteiger partial charge in [-0.2, -0.15) is 0 Å². The Morgan fingerprint density at radius 2 is 2.10 bits per heavy atom. The number of aliphatic carboxylic acids is 1. The van der Waals surface area contributed by atoms with Crippen LogP contribution in [0.4, 0.5) is 0 Å². The van der Waals surface area contributed by atoms with Crippen molar-refractivity contribution in [2.24, 2.45) is 23.7 Å². The molecule has 3 atom stereocenters. The van der Waals surface area contributed by atoms with Crippen LogP contribution < -0.4 is 0 Å². The Balaban J connectivity index is 1.84. The van der Waals surface area contributed by atoms with E-state index in [1.54, 1.807) is 11.8 Å². The van der Waals surface area contributed by atoms with Gasteiger partial charge < -0.3 is 14.7 Å². The molecule has 0 heterocycles. The number of carboxylic acid groups (broad SMARTS) is 1. The summed E-state index contributed by atoms with van der Waals surface area (Å²) in [6.45, 7) is 5.82. The van der Waals surface area contributed by atoms with Crippen LogP contribution in [0.2, 0.25) is 0 Å². The Labute approximate surface area is 126 Å². The highest BCUT2D eigenvalue weighted by Gasteiger charge is 2.52. The van der Waals surface area contributed by atoms with Gasteiger partial charge in [0.05, 0.1) is 5.92 Å². The summed E-state index contributed by atoms with van der Waals surface area (Å²) in [6, 6.07) is 0. The van der Waals surface area contributed by atoms with Gasteiger partial charge in [0.15, 0.2) is 0 Å². The number of carbonyl (C=O) groups is 2. The summed E-state index contributed by atoms with van der Waals surface area (Å²) >= 11 is 0. The third-order valence-corrected chi connectivity index (χ3v) is 4.53. The minimum absolute atomic E-state index is 0.158. The maximum atomic E-state index is 12.6. The van der Waals surface area contributed by atoms with Gasteiger partial charge in [0, 0.05) is 32.2 Å². The monoisotopic (exact) mass is 297 g/mol. The summed E-state index contributed by atoms with van der Waals surface area (Å²) in [6.07, 6.45) is 4.31. The fraction of sp³-hybridized carbons (Fsp3) is 0.875. The molecule has 5 nitrogen and oxygen atoms in total. The topological polar surface area (TPSA) is 66.8 Å². The van der Waals surface area contributed by atoms with Crippen LogP contribution in [0.3, 0.4) is 0 Å². The predicted molar refractivity (Wildman–Crippen MR) is 78.8 cm³/mol. The Bertz CT molecular complexity index is 380. The highest BCUT2D eigenvalue weighted by molar-refractivity contribution is 5.82. The standard InChI is InChI=1S/C16H27NO4/c1-3-21-8-4-7-17(10-11(2)16(19)20)15(18)14-9-13(14)12-5-6-12/h11-14H,3-10H2,1-2H3,(H,19,20). The van der Waals surface area contributed by atoms with Gasteiger partial charge in [-0.15, -0.1) is 0 Å². The van der Waals surface area contributed by atoms with Crippen molar-refractivity contribution in [3.63, 3.8) is 0 Å². The zero-order chi connectivity index (χ0) is 15.4. The Kier molecular flexibility index (Phi) is 5.62. The van der Waals surface area contributed by atoms with Gasteiger partial charge in [0.2, 0.25) is 5.91 Å². The zero-order valence-corrected chi connectivity index (χ0v) is 13.1. The van der Waals surface area contributed by atoms with Crippen molar-refractivity contribution in [3.8, 4) is 0 Å². The van der Waals surface area contributed by atoms with Crippen molar-refractivity contribution in [3.05, 3.63) is 0 Å². The first kappa shape index (κ1) is 16.3. The van der Waals surface area contributed by atoms with Gasteiger partial charge in [0.25, 0.3) is 0 Å². The molecule has 0 radical (unpaired) electrons. The summed E-state index contributed by atoms with van der Waals surface area (Å²) in [5.74, 6) is 0.307. The fourth-order valence-electron chi connectivity index (χ4n) is 2.98. The van der Waals surface area contributed by atoms with E-state index in [1.165, 1.54) is 12.8 Å². The van der Waals surface area contributed by atoms with Crippen molar-refractivity contribution in [1.29, 1.82) is 0 Å². The first-order chi connectivity index (χ1) is 10.0. The number of hydrogen-bond acceptors (Lipinski definition) is 3. The van der Waals surface area contributed by atoms with Crippen LogP contribution in [0, 0.1) is 23.7 Å². The number of carboxylic acids is 1. The van der Waals surface area contributed by atoms with Gasteiger partial charge >= 0.3 is 5.97 Å². The second-order valence-electron chi connectivity index (χ2n) is 6.42. The van der Waals surface area contributed by atoms with Crippen molar-refractivity contribution in [2.45, 2.75) is 39.5 Å². The molecular weight excluding hydrogens is 270 g/mol. The Morgan fingerprint density at radius 1 is 1.38 bits per heavy atom. The molecule has 3 unspecified atom stereocenters. The van der Waals surface area contributed by atoms with Gasteiger partial charge in [-0.1, -0.05) is 6.92 Å². The van der Waals surface area contributed by atoms with Crippen LogP contribution in [-0.2, 0) is 14.3 Å². The molecule has 0 aromatic rings. The molecular formula is C16H27NO4. The van der Waals surface area contributed by atoms with E-state index in [9.17, 15) is 9.59 Å². The number of amides is 1. The van der Waals surface area contributed by atoms with Crippen molar-refractivity contribution in [1.82, 2.24) is 4.90 Å². The van der Waals surface area contributed by atoms with Crippen LogP contribution >= 0.6 is 0 Å². The van der Waals surface area contributed by atoms with E-state index >= 15 is 0 Å². The summed E-state index contributed by atoms with van der Waals surface area (Å²) in [4.78, 5) is 25.4. The minimum atomic E-state index is -0.841. The predicted octanol–water partition coefficient (Wildman–Crippen LogP) is 2.01. The Morgan fingerprint density at radius 3 is 2.67 bits per heavy atom. The molecule has 2 aliphatic carbocycles. The van der Waals surface area contributed by atoms with E-state index in [0.717, 1.165) is 18.8 Å². The summed E-state index contributed by atoms with van der Waals surface area (Å²) in [7, 11) is 0. The molecule has 120 valence electrons. The molecule has 2 saturated carbocycles. The molecule has 1 amide bonds. The van der Waals surface area contributed by atoms with Crippen LogP contribution in [0.5, 0.6) is 0 Å². The van der Waals surface area contributed by atoms with Gasteiger partial charge in [-0.05, 0) is 44.4 Å². The molecule has 2 rings (SSSR count). The first-order valence-electron chi connectivity index (χ1n) is 8.13. The molecule has 21 heavy (non-hydrogen) atoms. The van der Waals surface area contributed by atoms with Crippen molar-refractivity contribution >= 4 is 11.9 Å². The van der Waals surface area contributed by atoms with Gasteiger partial charge in [0.1, 0.15) is 0 Å². The second-order valence-corrected chi connectivity index (χ2v) is 6.42. The second kappa shape index (κ2) is 7.25. The molecule has 2 fully saturated rings. The van der Waals surface area contributed by atoms with E-state index in [2.05, 4.69) is 0 Å². The lowest BCUT2D eigenvalue weighted by atomic mass is 10.1. The van der Waals surface area contributed by atoms with Crippen LogP contribution in [0.1, 0.15) is 39.5 Å². The molecule has 1 N–H and O–H groups in total. The van der Waals surface area contributed by atoms with Crippen LogP contribution in [-0.4, -0.2) is 48.2 Å². The SMILES string of the molecule is CCOCCCN(CC(C)C(=O)O)C(=O)C1CC1C1CC1. The molecule has 2 aliphatic rings. The fourth-order valence-corrected chi connectivity index (χ4v) is 2.98. The summed E-state index contributed by atoms with van der Waals surface area (Å²) < 4.78 is 5.31. The molecule has 0 aliphatic heterocycles. The minimum Gasteiger partial charge on any atom is -0.481 e. The third-order valence-electron chi connectivity index (χ3n) is 4.53. The van der Waals surface area contributed by atoms with E-state index < -0.39 is 11.9 Å². The normalized spacial score (nSPS) is 25.4. The van der Waals surface area contributed by atoms with Gasteiger partial charge in [-0.25, -0.2) is 0 Å². The number of ether oxygens (including phenoxy) is 1. The molecule has 0 bridgehead atoms. The molecule has 0 saturated heterocycles. The largest absolute Gasteiger partial charge is 0.481 e. The highest BCUT2D eigenvalue weighted by Crippen LogP contribution is 2.54. The zero-order valence-electron chi connectivity index (χ0n) is 13.1. The van der Waals surface area contributed by atoms with Crippen LogP contribution in [0.25, 0.3) is 0 Å². The number of carbonyl (C=O) groups excluding carboxylic acids is 1. The van der Waals surface area contributed by atoms with Crippen molar-refractivity contribution in [2.75, 3.05) is 26.3 Å². The molecule has 5 heteroatoms. The summed E-state index contributed by atoms with van der Waals surface area (Å²) in [5, 5.41) is 9.06. The van der Waals surface area contributed by atoms with Gasteiger partial charge in [-0.3, -0.25) is 9.59 Å². The smallest absolute Gasteiger partial charge is 0.308 e. The van der Waals surface area contributed by atoms with E-state index in [1.807, 2.05) is 6.92 Å². The van der Waals surface area contributed by atoms with Crippen molar-refractivity contribution < 1.29 is 19.4 Å². The number of rotatable bonds is 10. The van der Waals surface area contributed by atoms with E-state index in [-0.39, 0.29) is 11.8 Å². The first-order valence-corrected chi connectivity index (χ1v) is 8.13. The summed E-state index contributed by atoms with van der Waals surface area (Å²) in [5.41, 5.74) is 0. The lowest BCUT2D eigenvalue weighted by Crippen LogP contribution is -2.39. The molecule has 0 aromatic carbocycles. The quantitative estimate of drug-likeness (QED) is 0.626. The maximum absolute atomic E-state index is 12.6.